The lowest BCUT2D eigenvalue weighted by Gasteiger charge is -2.20. The van der Waals surface area contributed by atoms with Crippen LogP contribution in [0.4, 0.5) is 5.69 Å². The maximum Gasteiger partial charge on any atom is 0.336 e. The Hall–Kier alpha value is -3.01. The highest BCUT2D eigenvalue weighted by molar-refractivity contribution is 5.89. The average molecular weight is 313 g/mol. The largest absolute Gasteiger partial charge is 0.481 e. The van der Waals surface area contributed by atoms with Gasteiger partial charge in [0.15, 0.2) is 5.60 Å². The van der Waals surface area contributed by atoms with Crippen LogP contribution in [-0.2, 0) is 14.4 Å². The average Bonchev–Trinajstić information content (AvgIpc) is 2.37. The molecule has 0 aromatic heterocycles. The second kappa shape index (κ2) is 6.63. The number of carboxylic acid groups (broad SMARTS) is 2. The first kappa shape index (κ1) is 17.0. The molecule has 0 bridgehead atoms. The van der Waals surface area contributed by atoms with Crippen LogP contribution < -0.4 is 4.74 Å². The molecule has 0 saturated carbocycles. The number of esters is 1. The molecule has 0 aliphatic heterocycles. The van der Waals surface area contributed by atoms with Crippen LogP contribution in [-0.4, -0.2) is 43.8 Å². The van der Waals surface area contributed by atoms with Gasteiger partial charge in [0.1, 0.15) is 5.75 Å². The first-order valence-corrected chi connectivity index (χ1v) is 5.77. The van der Waals surface area contributed by atoms with E-state index in [1.165, 1.54) is 0 Å². The Kier molecular flexibility index (Phi) is 5.13. The number of aliphatic carboxylic acids is 2. The summed E-state index contributed by atoms with van der Waals surface area (Å²) in [5, 5.41) is 37.4. The van der Waals surface area contributed by atoms with Crippen LogP contribution in [0.2, 0.25) is 0 Å². The third-order valence-electron chi connectivity index (χ3n) is 2.56. The number of carbonyl (C=O) groups excluding carboxylic acids is 1. The number of hydrogen-bond acceptors (Lipinski definition) is 7. The summed E-state index contributed by atoms with van der Waals surface area (Å²) in [6, 6.07) is 4.33. The van der Waals surface area contributed by atoms with Crippen molar-refractivity contribution in [2.24, 2.45) is 0 Å². The zero-order chi connectivity index (χ0) is 16.9. The second-order valence-electron chi connectivity index (χ2n) is 4.31. The van der Waals surface area contributed by atoms with Gasteiger partial charge in [-0.25, -0.2) is 4.79 Å². The summed E-state index contributed by atoms with van der Waals surface area (Å²) in [5.74, 6) is -4.79. The van der Waals surface area contributed by atoms with Crippen molar-refractivity contribution >= 4 is 23.6 Å². The summed E-state index contributed by atoms with van der Waals surface area (Å²) in [6.45, 7) is 0. The van der Waals surface area contributed by atoms with Gasteiger partial charge < -0.3 is 20.1 Å². The van der Waals surface area contributed by atoms with Crippen molar-refractivity contribution in [2.75, 3.05) is 0 Å². The van der Waals surface area contributed by atoms with Crippen molar-refractivity contribution < 1.29 is 39.4 Å². The van der Waals surface area contributed by atoms with E-state index in [-0.39, 0.29) is 11.4 Å². The second-order valence-corrected chi connectivity index (χ2v) is 4.31. The molecule has 10 nitrogen and oxygen atoms in total. The molecule has 0 saturated heterocycles. The normalized spacial score (nSPS) is 13.0. The number of carboxylic acids is 2. The minimum Gasteiger partial charge on any atom is -0.481 e. The van der Waals surface area contributed by atoms with Crippen LogP contribution >= 0.6 is 0 Å². The molecule has 1 unspecified atom stereocenters. The standard InChI is InChI=1S/C12H11NO9/c14-9(15)5-12(19,11(17)18)6-10(16)22-8-3-1-7(2-4-8)13(20)21/h1-4,19H,5-6H2,(H,14,15)(H,17,18). The number of ether oxygens (including phenoxy) is 1. The van der Waals surface area contributed by atoms with Crippen LogP contribution in [0.1, 0.15) is 12.8 Å². The van der Waals surface area contributed by atoms with Gasteiger partial charge >= 0.3 is 17.9 Å². The minimum absolute atomic E-state index is 0.112. The van der Waals surface area contributed by atoms with Crippen molar-refractivity contribution in [2.45, 2.75) is 18.4 Å². The molecular formula is C12H11NO9. The molecule has 1 aromatic rings. The predicted molar refractivity (Wildman–Crippen MR) is 68.2 cm³/mol. The predicted octanol–water partition coefficient (Wildman–Crippen LogP) is 0.181. The Labute approximate surface area is 122 Å². The summed E-state index contributed by atoms with van der Waals surface area (Å²) < 4.78 is 4.70. The fraction of sp³-hybridized carbons (Fsp3) is 0.250. The van der Waals surface area contributed by atoms with E-state index in [0.29, 0.717) is 0 Å². The number of aliphatic hydroxyl groups is 1. The maximum atomic E-state index is 11.6. The number of nitrogens with zero attached hydrogens (tertiary/aromatic N) is 1. The summed E-state index contributed by atoms with van der Waals surface area (Å²) >= 11 is 0. The van der Waals surface area contributed by atoms with Gasteiger partial charge in [-0.1, -0.05) is 0 Å². The molecule has 0 spiro atoms. The van der Waals surface area contributed by atoms with Gasteiger partial charge in [0, 0.05) is 12.1 Å². The van der Waals surface area contributed by atoms with E-state index in [1.807, 2.05) is 0 Å². The Bertz CT molecular complexity index is 610. The number of nitro benzene ring substituents is 1. The topological polar surface area (TPSA) is 164 Å². The first-order chi connectivity index (χ1) is 10.1. The Morgan fingerprint density at radius 2 is 1.68 bits per heavy atom. The van der Waals surface area contributed by atoms with Crippen molar-refractivity contribution in [3.8, 4) is 5.75 Å². The molecule has 0 radical (unpaired) electrons. The highest BCUT2D eigenvalue weighted by Gasteiger charge is 2.41. The number of benzene rings is 1. The molecule has 1 aromatic carbocycles. The van der Waals surface area contributed by atoms with Crippen molar-refractivity contribution in [1.82, 2.24) is 0 Å². The Balaban J connectivity index is 2.77. The van der Waals surface area contributed by atoms with Crippen LogP contribution in [0.3, 0.4) is 0 Å². The molecule has 0 fully saturated rings. The van der Waals surface area contributed by atoms with Gasteiger partial charge in [-0.15, -0.1) is 0 Å². The first-order valence-electron chi connectivity index (χ1n) is 5.77. The molecule has 10 heteroatoms. The van der Waals surface area contributed by atoms with Gasteiger partial charge in [0.05, 0.1) is 17.8 Å². The number of hydrogen-bond donors (Lipinski definition) is 3. The van der Waals surface area contributed by atoms with E-state index in [4.69, 9.17) is 14.9 Å². The summed E-state index contributed by atoms with van der Waals surface area (Å²) in [5.41, 5.74) is -3.04. The summed E-state index contributed by atoms with van der Waals surface area (Å²) in [4.78, 5) is 42.7. The SMILES string of the molecule is O=C(O)CC(O)(CC(=O)Oc1ccc([N+](=O)[O-])cc1)C(=O)O. The summed E-state index contributed by atoms with van der Waals surface area (Å²) in [6.07, 6.45) is -2.27. The molecule has 0 aliphatic rings. The number of nitro groups is 1. The number of non-ortho nitro benzene ring substituents is 1. The smallest absolute Gasteiger partial charge is 0.336 e. The monoisotopic (exact) mass is 313 g/mol. The van der Waals surface area contributed by atoms with Gasteiger partial charge in [-0.3, -0.25) is 19.7 Å². The molecule has 118 valence electrons. The van der Waals surface area contributed by atoms with Crippen LogP contribution in [0.25, 0.3) is 0 Å². The van der Waals surface area contributed by atoms with Crippen molar-refractivity contribution in [1.29, 1.82) is 0 Å². The molecule has 1 atom stereocenters. The van der Waals surface area contributed by atoms with E-state index in [0.717, 1.165) is 24.3 Å². The van der Waals surface area contributed by atoms with Gasteiger partial charge in [0.2, 0.25) is 0 Å². The fourth-order valence-corrected chi connectivity index (χ4v) is 1.51. The molecule has 0 aliphatic carbocycles. The van der Waals surface area contributed by atoms with E-state index >= 15 is 0 Å². The van der Waals surface area contributed by atoms with Crippen LogP contribution in [0.5, 0.6) is 5.75 Å². The van der Waals surface area contributed by atoms with Crippen LogP contribution in [0.15, 0.2) is 24.3 Å². The molecule has 22 heavy (non-hydrogen) atoms. The maximum absolute atomic E-state index is 11.6. The minimum atomic E-state index is -2.80. The highest BCUT2D eigenvalue weighted by atomic mass is 16.6. The lowest BCUT2D eigenvalue weighted by molar-refractivity contribution is -0.384. The zero-order valence-electron chi connectivity index (χ0n) is 11.0. The summed E-state index contributed by atoms with van der Waals surface area (Å²) in [7, 11) is 0. The van der Waals surface area contributed by atoms with Crippen LogP contribution in [0, 0.1) is 10.1 Å². The zero-order valence-corrected chi connectivity index (χ0v) is 11.0. The molecular weight excluding hydrogens is 302 g/mol. The lowest BCUT2D eigenvalue weighted by atomic mass is 9.96. The lowest BCUT2D eigenvalue weighted by Crippen LogP contribution is -2.43. The number of carbonyl (C=O) groups is 3. The molecule has 1 rings (SSSR count). The van der Waals surface area contributed by atoms with Gasteiger partial charge in [-0.05, 0) is 12.1 Å². The third kappa shape index (κ3) is 4.52. The van der Waals surface area contributed by atoms with Crippen molar-refractivity contribution in [3.63, 3.8) is 0 Å². The highest BCUT2D eigenvalue weighted by Crippen LogP contribution is 2.21. The van der Waals surface area contributed by atoms with E-state index in [1.54, 1.807) is 0 Å². The molecule has 0 amide bonds. The Morgan fingerprint density at radius 3 is 2.09 bits per heavy atom. The van der Waals surface area contributed by atoms with Gasteiger partial charge in [0.25, 0.3) is 5.69 Å². The molecule has 3 N–H and O–H groups in total. The quantitative estimate of drug-likeness (QED) is 0.275. The third-order valence-corrected chi connectivity index (χ3v) is 2.56. The van der Waals surface area contributed by atoms with E-state index in [9.17, 15) is 29.6 Å². The van der Waals surface area contributed by atoms with E-state index < -0.39 is 41.3 Å². The Morgan fingerprint density at radius 1 is 1.14 bits per heavy atom. The van der Waals surface area contributed by atoms with Crippen molar-refractivity contribution in [3.05, 3.63) is 34.4 Å². The fourth-order valence-electron chi connectivity index (χ4n) is 1.51. The number of rotatable bonds is 7. The van der Waals surface area contributed by atoms with E-state index in [2.05, 4.69) is 0 Å². The van der Waals surface area contributed by atoms with Gasteiger partial charge in [-0.2, -0.15) is 0 Å². The molecule has 0 heterocycles.